The molecule has 1 rings (SSSR count). The van der Waals surface area contributed by atoms with Gasteiger partial charge < -0.3 is 5.11 Å². The number of hydrogen-bond donors (Lipinski definition) is 1. The van der Waals surface area contributed by atoms with E-state index in [2.05, 4.69) is 0 Å². The van der Waals surface area contributed by atoms with E-state index < -0.39 is 0 Å². The zero-order chi connectivity index (χ0) is 12.0. The van der Waals surface area contributed by atoms with Crippen LogP contribution in [0.25, 0.3) is 0 Å². The number of nitro groups is 1. The van der Waals surface area contributed by atoms with E-state index in [4.69, 9.17) is 0 Å². The van der Waals surface area contributed by atoms with E-state index in [-0.39, 0.29) is 23.1 Å². The first-order valence-electron chi connectivity index (χ1n) is 5.54. The van der Waals surface area contributed by atoms with Gasteiger partial charge in [-0.05, 0) is 12.5 Å². The zero-order valence-electron chi connectivity index (χ0n) is 9.43. The lowest BCUT2D eigenvalue weighted by atomic mass is 9.93. The molecule has 1 aromatic carbocycles. The van der Waals surface area contributed by atoms with Crippen molar-refractivity contribution in [3.05, 3.63) is 39.9 Å². The molecule has 0 bridgehead atoms. The van der Waals surface area contributed by atoms with E-state index in [1.165, 1.54) is 0 Å². The van der Waals surface area contributed by atoms with E-state index in [1.807, 2.05) is 6.92 Å². The van der Waals surface area contributed by atoms with Gasteiger partial charge in [-0.25, -0.2) is 0 Å². The largest absolute Gasteiger partial charge is 0.508 e. The molecule has 0 radical (unpaired) electrons. The molecule has 4 heteroatoms. The molecule has 0 spiro atoms. The van der Waals surface area contributed by atoms with Crippen molar-refractivity contribution in [2.75, 3.05) is 6.54 Å². The number of para-hydroxylation sites is 1. The Kier molecular flexibility index (Phi) is 4.76. The highest BCUT2D eigenvalue weighted by Crippen LogP contribution is 2.29. The molecular weight excluding hydrogens is 206 g/mol. The monoisotopic (exact) mass is 223 g/mol. The normalized spacial score (nSPS) is 12.3. The Morgan fingerprint density at radius 1 is 1.44 bits per heavy atom. The molecule has 1 N–H and O–H groups in total. The molecule has 0 aliphatic carbocycles. The molecule has 88 valence electrons. The first kappa shape index (κ1) is 12.5. The van der Waals surface area contributed by atoms with Crippen LogP contribution in [0.4, 0.5) is 0 Å². The Hall–Kier alpha value is -1.58. The molecule has 1 atom stereocenters. The van der Waals surface area contributed by atoms with Crippen LogP contribution >= 0.6 is 0 Å². The van der Waals surface area contributed by atoms with Gasteiger partial charge in [0.1, 0.15) is 5.75 Å². The molecule has 0 aliphatic rings. The SMILES string of the molecule is CCCCC(C[N+](=O)[O-])c1ccccc1O. The molecule has 0 aromatic heterocycles. The van der Waals surface area contributed by atoms with Crippen LogP contribution in [-0.2, 0) is 0 Å². The average molecular weight is 223 g/mol. The standard InChI is InChI=1S/C12H17NO3/c1-2-3-6-10(9-13(15)16)11-7-4-5-8-12(11)14/h4-5,7-8,10,14H,2-3,6,9H2,1H3. The highest BCUT2D eigenvalue weighted by Gasteiger charge is 2.19. The van der Waals surface area contributed by atoms with Gasteiger partial charge in [0.05, 0.1) is 5.92 Å². The van der Waals surface area contributed by atoms with Gasteiger partial charge in [0, 0.05) is 10.5 Å². The lowest BCUT2D eigenvalue weighted by Gasteiger charge is -2.13. The molecule has 1 unspecified atom stereocenters. The summed E-state index contributed by atoms with van der Waals surface area (Å²) < 4.78 is 0. The maximum atomic E-state index is 10.6. The zero-order valence-corrected chi connectivity index (χ0v) is 9.43. The van der Waals surface area contributed by atoms with Crippen LogP contribution < -0.4 is 0 Å². The van der Waals surface area contributed by atoms with Gasteiger partial charge in [-0.15, -0.1) is 0 Å². The van der Waals surface area contributed by atoms with E-state index in [0.29, 0.717) is 5.56 Å². The van der Waals surface area contributed by atoms with Crippen molar-refractivity contribution in [2.24, 2.45) is 0 Å². The third-order valence-electron chi connectivity index (χ3n) is 2.65. The summed E-state index contributed by atoms with van der Waals surface area (Å²) in [4.78, 5) is 10.3. The van der Waals surface area contributed by atoms with Gasteiger partial charge in [0.2, 0.25) is 6.54 Å². The Morgan fingerprint density at radius 2 is 2.12 bits per heavy atom. The number of unbranched alkanes of at least 4 members (excludes halogenated alkanes) is 1. The Labute approximate surface area is 95.1 Å². The van der Waals surface area contributed by atoms with Gasteiger partial charge in [-0.2, -0.15) is 0 Å². The summed E-state index contributed by atoms with van der Waals surface area (Å²) in [6, 6.07) is 6.86. The van der Waals surface area contributed by atoms with E-state index in [1.54, 1.807) is 24.3 Å². The van der Waals surface area contributed by atoms with Crippen molar-refractivity contribution in [1.29, 1.82) is 0 Å². The van der Waals surface area contributed by atoms with Crippen molar-refractivity contribution < 1.29 is 10.0 Å². The summed E-state index contributed by atoms with van der Waals surface area (Å²) in [6.07, 6.45) is 2.68. The number of rotatable bonds is 6. The maximum Gasteiger partial charge on any atom is 0.210 e. The molecule has 16 heavy (non-hydrogen) atoms. The highest BCUT2D eigenvalue weighted by molar-refractivity contribution is 5.34. The fourth-order valence-electron chi connectivity index (χ4n) is 1.81. The van der Waals surface area contributed by atoms with Crippen LogP contribution in [-0.4, -0.2) is 16.6 Å². The Balaban J connectivity index is 2.82. The van der Waals surface area contributed by atoms with Crippen LogP contribution in [0.3, 0.4) is 0 Å². The lowest BCUT2D eigenvalue weighted by Crippen LogP contribution is -2.12. The molecule has 0 aliphatic heterocycles. The first-order valence-corrected chi connectivity index (χ1v) is 5.54. The van der Waals surface area contributed by atoms with E-state index >= 15 is 0 Å². The second-order valence-electron chi connectivity index (χ2n) is 3.91. The minimum atomic E-state index is -0.313. The summed E-state index contributed by atoms with van der Waals surface area (Å²) in [7, 11) is 0. The molecule has 0 heterocycles. The van der Waals surface area contributed by atoms with Gasteiger partial charge in [-0.1, -0.05) is 38.0 Å². The minimum Gasteiger partial charge on any atom is -0.508 e. The molecule has 0 saturated carbocycles. The van der Waals surface area contributed by atoms with Crippen LogP contribution in [0.1, 0.15) is 37.7 Å². The minimum absolute atomic E-state index is 0.114. The average Bonchev–Trinajstić information content (AvgIpc) is 2.24. The van der Waals surface area contributed by atoms with Crippen LogP contribution in [0, 0.1) is 10.1 Å². The number of phenolic OH excluding ortho intramolecular Hbond substituents is 1. The molecule has 0 amide bonds. The van der Waals surface area contributed by atoms with E-state index in [9.17, 15) is 15.2 Å². The van der Waals surface area contributed by atoms with Crippen molar-refractivity contribution in [2.45, 2.75) is 32.1 Å². The molecule has 4 nitrogen and oxygen atoms in total. The first-order chi connectivity index (χ1) is 7.65. The van der Waals surface area contributed by atoms with Gasteiger partial charge in [0.15, 0.2) is 0 Å². The number of nitrogens with zero attached hydrogens (tertiary/aromatic N) is 1. The lowest BCUT2D eigenvalue weighted by molar-refractivity contribution is -0.483. The van der Waals surface area contributed by atoms with Crippen LogP contribution in [0.2, 0.25) is 0 Å². The van der Waals surface area contributed by atoms with Gasteiger partial charge >= 0.3 is 0 Å². The highest BCUT2D eigenvalue weighted by atomic mass is 16.6. The molecule has 0 saturated heterocycles. The summed E-state index contributed by atoms with van der Waals surface area (Å²) in [5, 5.41) is 20.3. The maximum absolute atomic E-state index is 10.6. The topological polar surface area (TPSA) is 63.4 Å². The number of benzene rings is 1. The number of phenols is 1. The van der Waals surface area contributed by atoms with Gasteiger partial charge in [0.25, 0.3) is 0 Å². The Morgan fingerprint density at radius 3 is 2.69 bits per heavy atom. The molecule has 1 aromatic rings. The van der Waals surface area contributed by atoms with Crippen molar-refractivity contribution in [3.8, 4) is 5.75 Å². The molecular formula is C12H17NO3. The second kappa shape index (κ2) is 6.10. The van der Waals surface area contributed by atoms with Crippen LogP contribution in [0.5, 0.6) is 5.75 Å². The van der Waals surface area contributed by atoms with Crippen molar-refractivity contribution in [3.63, 3.8) is 0 Å². The summed E-state index contributed by atoms with van der Waals surface area (Å²) in [5.41, 5.74) is 0.688. The second-order valence-corrected chi connectivity index (χ2v) is 3.91. The smallest absolute Gasteiger partial charge is 0.210 e. The van der Waals surface area contributed by atoms with Crippen molar-refractivity contribution in [1.82, 2.24) is 0 Å². The fraction of sp³-hybridized carbons (Fsp3) is 0.500. The Bertz CT molecular complexity index is 352. The summed E-state index contributed by atoms with van der Waals surface area (Å²) in [5.74, 6) is -0.0263. The molecule has 0 fully saturated rings. The predicted octanol–water partition coefficient (Wildman–Crippen LogP) is 2.94. The summed E-state index contributed by atoms with van der Waals surface area (Å²) >= 11 is 0. The third-order valence-corrected chi connectivity index (χ3v) is 2.65. The van der Waals surface area contributed by atoms with E-state index in [0.717, 1.165) is 19.3 Å². The third kappa shape index (κ3) is 3.53. The number of aromatic hydroxyl groups is 1. The van der Waals surface area contributed by atoms with Crippen molar-refractivity contribution >= 4 is 0 Å². The number of hydrogen-bond acceptors (Lipinski definition) is 3. The quantitative estimate of drug-likeness (QED) is 0.595. The van der Waals surface area contributed by atoms with Gasteiger partial charge in [-0.3, -0.25) is 10.1 Å². The predicted molar refractivity (Wildman–Crippen MR) is 62.2 cm³/mol. The fourth-order valence-corrected chi connectivity index (χ4v) is 1.81. The summed E-state index contributed by atoms with van der Waals surface area (Å²) in [6.45, 7) is 1.94. The van der Waals surface area contributed by atoms with Crippen LogP contribution in [0.15, 0.2) is 24.3 Å².